The number of rotatable bonds is 15. The van der Waals surface area contributed by atoms with E-state index in [1.54, 1.807) is 0 Å². The predicted octanol–water partition coefficient (Wildman–Crippen LogP) is 15.7. The Balaban J connectivity index is 1.30. The third kappa shape index (κ3) is 7.62. The van der Waals surface area contributed by atoms with Crippen LogP contribution in [0.4, 0.5) is 50.5 Å². The number of thiophene rings is 1. The molecule has 5 heteroatoms. The summed E-state index contributed by atoms with van der Waals surface area (Å²) in [4.78, 5) is 7.66. The van der Waals surface area contributed by atoms with Crippen molar-refractivity contribution in [1.82, 2.24) is 0 Å². The standard InChI is InChI=1S/C59H60BN3S/c1-6-10-19-42-26-31-48(32-27-42)62-53-35-25-41(5)37-52(53)60-57-51-38-45(44(9-4)18-8-3)30-36-56(51)64-59(57)63(49-33-28-43(29-34-49)20-11-7-2)55-40-50(39-54(62)58(55)60)61(46-21-14-12-15-22-46)47-23-16-13-17-24-47/h12-17,21-40,44H,6-11,18-20H2,1-5H3. The third-order valence-corrected chi connectivity index (χ3v) is 14.9. The maximum absolute atomic E-state index is 2.63. The van der Waals surface area contributed by atoms with Gasteiger partial charge in [-0.15, -0.1) is 11.3 Å². The number of para-hydroxylation sites is 2. The van der Waals surface area contributed by atoms with Crippen molar-refractivity contribution in [3.05, 3.63) is 180 Å². The summed E-state index contributed by atoms with van der Waals surface area (Å²) in [6.07, 6.45) is 10.5. The molecule has 2 aliphatic rings. The van der Waals surface area contributed by atoms with E-state index in [2.05, 4.69) is 207 Å². The van der Waals surface area contributed by atoms with Gasteiger partial charge >= 0.3 is 0 Å². The Labute approximate surface area is 386 Å². The Bertz CT molecular complexity index is 2850. The average Bonchev–Trinajstić information content (AvgIpc) is 3.71. The molecule has 0 amide bonds. The van der Waals surface area contributed by atoms with Crippen LogP contribution in [-0.4, -0.2) is 6.71 Å². The summed E-state index contributed by atoms with van der Waals surface area (Å²) in [6, 6.07) is 60.4. The molecule has 10 rings (SSSR count). The van der Waals surface area contributed by atoms with Crippen molar-refractivity contribution in [2.75, 3.05) is 14.7 Å². The Morgan fingerprint density at radius 2 is 1.14 bits per heavy atom. The molecule has 0 fully saturated rings. The fourth-order valence-corrected chi connectivity index (χ4v) is 11.8. The van der Waals surface area contributed by atoms with Gasteiger partial charge in [0.2, 0.25) is 0 Å². The number of hydrogen-bond acceptors (Lipinski definition) is 4. The number of hydrogen-bond donors (Lipinski definition) is 0. The van der Waals surface area contributed by atoms with E-state index < -0.39 is 0 Å². The molecule has 7 aromatic carbocycles. The van der Waals surface area contributed by atoms with Gasteiger partial charge < -0.3 is 14.7 Å². The fourth-order valence-electron chi connectivity index (χ4n) is 10.5. The van der Waals surface area contributed by atoms with E-state index in [9.17, 15) is 0 Å². The molecule has 0 radical (unpaired) electrons. The number of fused-ring (bicyclic) bond motifs is 6. The Morgan fingerprint density at radius 3 is 1.72 bits per heavy atom. The summed E-state index contributed by atoms with van der Waals surface area (Å²) in [5.41, 5.74) is 19.2. The molecule has 1 atom stereocenters. The molecule has 3 heterocycles. The quantitative estimate of drug-likeness (QED) is 0.0952. The monoisotopic (exact) mass is 853 g/mol. The summed E-state index contributed by atoms with van der Waals surface area (Å²) in [5.74, 6) is 0.546. The highest BCUT2D eigenvalue weighted by Gasteiger charge is 2.46. The molecule has 0 saturated carbocycles. The summed E-state index contributed by atoms with van der Waals surface area (Å²) < 4.78 is 1.36. The van der Waals surface area contributed by atoms with Crippen LogP contribution in [0.25, 0.3) is 10.1 Å². The first-order valence-electron chi connectivity index (χ1n) is 24.0. The van der Waals surface area contributed by atoms with Crippen molar-refractivity contribution in [1.29, 1.82) is 0 Å². The normalized spacial score (nSPS) is 13.2. The van der Waals surface area contributed by atoms with Gasteiger partial charge in [-0.05, 0) is 163 Å². The van der Waals surface area contributed by atoms with Crippen molar-refractivity contribution in [2.45, 2.75) is 98.3 Å². The Kier molecular flexibility index (Phi) is 11.9. The molecule has 0 N–H and O–H groups in total. The smallest absolute Gasteiger partial charge is 0.254 e. The van der Waals surface area contributed by atoms with Crippen molar-refractivity contribution in [3.8, 4) is 0 Å². The van der Waals surface area contributed by atoms with Crippen LogP contribution in [0.5, 0.6) is 0 Å². The lowest BCUT2D eigenvalue weighted by Gasteiger charge is -2.44. The zero-order valence-corrected chi connectivity index (χ0v) is 39.1. The first-order valence-corrected chi connectivity index (χ1v) is 24.8. The third-order valence-electron chi connectivity index (χ3n) is 13.8. The van der Waals surface area contributed by atoms with Crippen molar-refractivity contribution in [2.24, 2.45) is 0 Å². The van der Waals surface area contributed by atoms with E-state index in [4.69, 9.17) is 0 Å². The Morgan fingerprint density at radius 1 is 0.547 bits per heavy atom. The predicted molar refractivity (Wildman–Crippen MR) is 280 cm³/mol. The van der Waals surface area contributed by atoms with Crippen LogP contribution in [-0.2, 0) is 12.8 Å². The maximum atomic E-state index is 2.63. The largest absolute Gasteiger partial charge is 0.311 e. The fraction of sp³-hybridized carbons (Fsp3) is 0.254. The minimum atomic E-state index is 0.0428. The molecule has 0 spiro atoms. The molecule has 0 bridgehead atoms. The number of anilines is 9. The van der Waals surface area contributed by atoms with Gasteiger partial charge in [0, 0.05) is 44.5 Å². The summed E-state index contributed by atoms with van der Waals surface area (Å²) in [5, 5.41) is 2.73. The lowest BCUT2D eigenvalue weighted by molar-refractivity contribution is 0.596. The molecule has 2 aliphatic heterocycles. The summed E-state index contributed by atoms with van der Waals surface area (Å²) in [6.45, 7) is 11.6. The van der Waals surface area contributed by atoms with Crippen molar-refractivity contribution >= 4 is 95.0 Å². The van der Waals surface area contributed by atoms with Gasteiger partial charge in [0.25, 0.3) is 6.71 Å². The second kappa shape index (κ2) is 18.2. The van der Waals surface area contributed by atoms with Gasteiger partial charge in [0.15, 0.2) is 0 Å². The number of unbranched alkanes of at least 4 members (excludes halogenated alkanes) is 2. The van der Waals surface area contributed by atoms with Crippen LogP contribution < -0.4 is 31.1 Å². The van der Waals surface area contributed by atoms with Crippen LogP contribution in [0, 0.1) is 6.92 Å². The molecule has 8 aromatic rings. The second-order valence-electron chi connectivity index (χ2n) is 18.1. The summed E-state index contributed by atoms with van der Waals surface area (Å²) >= 11 is 1.96. The number of nitrogens with zero attached hydrogens (tertiary/aromatic N) is 3. The van der Waals surface area contributed by atoms with Gasteiger partial charge in [-0.3, -0.25) is 0 Å². The average molecular weight is 854 g/mol. The molecular weight excluding hydrogens is 794 g/mol. The zero-order chi connectivity index (χ0) is 43.7. The molecule has 1 aromatic heterocycles. The first-order chi connectivity index (χ1) is 31.5. The van der Waals surface area contributed by atoms with Crippen LogP contribution in [0.3, 0.4) is 0 Å². The van der Waals surface area contributed by atoms with Gasteiger partial charge in [0.1, 0.15) is 0 Å². The van der Waals surface area contributed by atoms with Crippen molar-refractivity contribution in [3.63, 3.8) is 0 Å². The van der Waals surface area contributed by atoms with Gasteiger partial charge in [-0.1, -0.05) is 137 Å². The highest BCUT2D eigenvalue weighted by atomic mass is 32.1. The number of benzene rings is 7. The van der Waals surface area contributed by atoms with E-state index in [1.165, 1.54) is 121 Å². The Hall–Kier alpha value is -6.04. The van der Waals surface area contributed by atoms with Gasteiger partial charge in [-0.25, -0.2) is 0 Å². The minimum absolute atomic E-state index is 0.0428. The zero-order valence-electron chi connectivity index (χ0n) is 38.3. The molecule has 0 saturated heterocycles. The molecule has 64 heavy (non-hydrogen) atoms. The highest BCUT2D eigenvalue weighted by molar-refractivity contribution is 7.26. The van der Waals surface area contributed by atoms with Crippen LogP contribution >= 0.6 is 11.3 Å². The lowest BCUT2D eigenvalue weighted by Crippen LogP contribution is -2.61. The van der Waals surface area contributed by atoms with E-state index in [-0.39, 0.29) is 6.71 Å². The topological polar surface area (TPSA) is 9.72 Å². The second-order valence-corrected chi connectivity index (χ2v) is 19.1. The van der Waals surface area contributed by atoms with E-state index in [0.717, 1.165) is 36.3 Å². The lowest BCUT2D eigenvalue weighted by atomic mass is 9.33. The van der Waals surface area contributed by atoms with E-state index >= 15 is 0 Å². The van der Waals surface area contributed by atoms with E-state index in [0.29, 0.717) is 5.92 Å². The molecule has 1 unspecified atom stereocenters. The molecule has 3 nitrogen and oxygen atoms in total. The van der Waals surface area contributed by atoms with Crippen LogP contribution in [0.1, 0.15) is 101 Å². The first kappa shape index (κ1) is 41.9. The van der Waals surface area contributed by atoms with Gasteiger partial charge in [-0.2, -0.15) is 0 Å². The van der Waals surface area contributed by atoms with Gasteiger partial charge in [0.05, 0.1) is 10.7 Å². The van der Waals surface area contributed by atoms with Crippen LogP contribution in [0.2, 0.25) is 0 Å². The highest BCUT2D eigenvalue weighted by Crippen LogP contribution is 2.51. The van der Waals surface area contributed by atoms with Crippen molar-refractivity contribution < 1.29 is 0 Å². The molecular formula is C59H60BN3S. The SMILES string of the molecule is CCCCc1ccc(N2c3ccc(C)cc3B3c4c2cc(N(c2ccccc2)c2ccccc2)cc4N(c2ccc(CCCC)cc2)c2sc4ccc(C(CC)CCC)cc4c23)cc1. The maximum Gasteiger partial charge on any atom is 0.254 e. The minimum Gasteiger partial charge on any atom is -0.311 e. The molecule has 0 aliphatic carbocycles. The molecule has 320 valence electrons. The number of aryl methyl sites for hydroxylation is 3. The van der Waals surface area contributed by atoms with E-state index in [1.807, 2.05) is 11.3 Å². The van der Waals surface area contributed by atoms with Crippen LogP contribution in [0.15, 0.2) is 158 Å². The summed E-state index contributed by atoms with van der Waals surface area (Å²) in [7, 11) is 0.